The first-order valence-corrected chi connectivity index (χ1v) is 12.7. The minimum absolute atomic E-state index is 0.0576. The molecule has 1 aliphatic heterocycles. The average Bonchev–Trinajstić information content (AvgIpc) is 3.35. The number of rotatable bonds is 4. The van der Waals surface area contributed by atoms with Crippen LogP contribution in [0.15, 0.2) is 101 Å². The summed E-state index contributed by atoms with van der Waals surface area (Å²) in [5.41, 5.74) is 10.6. The van der Waals surface area contributed by atoms with Crippen molar-refractivity contribution >= 4 is 22.6 Å². The molecule has 2 heterocycles. The van der Waals surface area contributed by atoms with Crippen molar-refractivity contribution in [3.63, 3.8) is 0 Å². The number of nitrogens with zero attached hydrogens (tertiary/aromatic N) is 1. The second-order valence-electron chi connectivity index (χ2n) is 9.67. The van der Waals surface area contributed by atoms with Crippen LogP contribution in [0.5, 0.6) is 0 Å². The Bertz CT molecular complexity index is 1610. The Morgan fingerprint density at radius 2 is 1.62 bits per heavy atom. The Balaban J connectivity index is 0.000000162. The average molecular weight is 545 g/mol. The van der Waals surface area contributed by atoms with Gasteiger partial charge in [-0.15, -0.1) is 0 Å². The minimum atomic E-state index is -4.40. The van der Waals surface area contributed by atoms with E-state index in [4.69, 9.17) is 15.3 Å². The van der Waals surface area contributed by atoms with Crippen LogP contribution in [0, 0.1) is 0 Å². The van der Waals surface area contributed by atoms with Gasteiger partial charge in [-0.2, -0.15) is 13.2 Å². The first-order valence-electron chi connectivity index (χ1n) is 12.7. The summed E-state index contributed by atoms with van der Waals surface area (Å²) in [5, 5.41) is 10.2. The van der Waals surface area contributed by atoms with Crippen LogP contribution in [0.25, 0.3) is 22.1 Å². The zero-order chi connectivity index (χ0) is 28.3. The number of carboxylic acids is 1. The van der Waals surface area contributed by atoms with Crippen molar-refractivity contribution in [3.8, 4) is 11.1 Å². The number of halogens is 3. The Labute approximate surface area is 229 Å². The molecule has 0 saturated heterocycles. The number of hydrogen-bond donors (Lipinski definition) is 2. The van der Waals surface area contributed by atoms with Gasteiger partial charge in [0.1, 0.15) is 11.3 Å². The number of furan rings is 1. The molecule has 5 aromatic rings. The number of anilines is 1. The quantitative estimate of drug-likeness (QED) is 0.227. The van der Waals surface area contributed by atoms with Crippen molar-refractivity contribution in [3.05, 3.63) is 125 Å². The zero-order valence-corrected chi connectivity index (χ0v) is 21.5. The van der Waals surface area contributed by atoms with Gasteiger partial charge >= 0.3 is 12.1 Å². The van der Waals surface area contributed by atoms with E-state index in [9.17, 15) is 18.0 Å². The molecule has 4 aromatic carbocycles. The van der Waals surface area contributed by atoms with Gasteiger partial charge in [-0.05, 0) is 71.1 Å². The van der Waals surface area contributed by atoms with Gasteiger partial charge in [-0.3, -0.25) is 4.90 Å². The highest BCUT2D eigenvalue weighted by Crippen LogP contribution is 2.32. The van der Waals surface area contributed by atoms with E-state index in [1.54, 1.807) is 18.2 Å². The summed E-state index contributed by atoms with van der Waals surface area (Å²) in [7, 11) is 0. The maximum atomic E-state index is 12.4. The van der Waals surface area contributed by atoms with E-state index in [0.29, 0.717) is 11.1 Å². The molecule has 204 valence electrons. The summed E-state index contributed by atoms with van der Waals surface area (Å²) in [4.78, 5) is 13.5. The molecule has 40 heavy (non-hydrogen) atoms. The summed E-state index contributed by atoms with van der Waals surface area (Å²) in [5.74, 6) is -0.0782. The number of carbonyl (C=O) groups is 1. The van der Waals surface area contributed by atoms with E-state index in [-0.39, 0.29) is 5.56 Å². The van der Waals surface area contributed by atoms with Crippen LogP contribution in [0.2, 0.25) is 0 Å². The Hall–Kier alpha value is -4.56. The van der Waals surface area contributed by atoms with E-state index < -0.39 is 17.7 Å². The molecule has 0 atom stereocenters. The molecule has 0 saturated carbocycles. The molecule has 1 aliphatic rings. The molecule has 5 nitrogen and oxygen atoms in total. The van der Waals surface area contributed by atoms with Crippen LogP contribution in [-0.4, -0.2) is 22.5 Å². The third-order valence-corrected chi connectivity index (χ3v) is 6.86. The Kier molecular flexibility index (Phi) is 7.62. The fourth-order valence-corrected chi connectivity index (χ4v) is 4.86. The van der Waals surface area contributed by atoms with Crippen LogP contribution in [0.4, 0.5) is 18.9 Å². The zero-order valence-electron chi connectivity index (χ0n) is 21.5. The number of fused-ring (bicyclic) bond motifs is 2. The van der Waals surface area contributed by atoms with Gasteiger partial charge < -0.3 is 15.3 Å². The Morgan fingerprint density at radius 3 is 2.35 bits per heavy atom. The molecule has 1 aromatic heterocycles. The second kappa shape index (κ2) is 11.3. The van der Waals surface area contributed by atoms with Crippen molar-refractivity contribution in [1.29, 1.82) is 0 Å². The van der Waals surface area contributed by atoms with Crippen molar-refractivity contribution in [2.24, 2.45) is 0 Å². The Morgan fingerprint density at radius 1 is 0.900 bits per heavy atom. The predicted octanol–water partition coefficient (Wildman–Crippen LogP) is 7.64. The highest BCUT2D eigenvalue weighted by Gasteiger charge is 2.30. The van der Waals surface area contributed by atoms with Crippen molar-refractivity contribution in [2.45, 2.75) is 25.7 Å². The normalized spacial score (nSPS) is 13.4. The standard InChI is InChI=1S/C18H18N2O.C14H9F3O2/c19-16-6-5-15-11-20(8-7-13(15)9-16)12-17-10-14-3-1-2-4-18(14)21-17;15-14(16,17)10-7-5-9(6-8-10)11-3-1-2-4-12(11)13(18)19/h1-6,9-10H,7-8,11-12,19H2;1-8H,(H,18,19). The van der Waals surface area contributed by atoms with Crippen LogP contribution in [0.3, 0.4) is 0 Å². The fraction of sp³-hybridized carbons (Fsp3) is 0.156. The number of alkyl halides is 3. The first-order chi connectivity index (χ1) is 19.2. The number of carboxylic acid groups (broad SMARTS) is 1. The van der Waals surface area contributed by atoms with E-state index in [1.165, 1.54) is 34.7 Å². The van der Waals surface area contributed by atoms with Gasteiger partial charge in [0, 0.05) is 24.2 Å². The summed E-state index contributed by atoms with van der Waals surface area (Å²) >= 11 is 0. The summed E-state index contributed by atoms with van der Waals surface area (Å²) in [6.07, 6.45) is -3.34. The monoisotopic (exact) mass is 544 g/mol. The van der Waals surface area contributed by atoms with E-state index in [2.05, 4.69) is 29.2 Å². The smallest absolute Gasteiger partial charge is 0.416 e. The lowest BCUT2D eigenvalue weighted by Crippen LogP contribution is -2.29. The maximum absolute atomic E-state index is 12.4. The van der Waals surface area contributed by atoms with Crippen LogP contribution >= 0.6 is 0 Å². The SMILES string of the molecule is Nc1ccc2c(c1)CCN(Cc1cc3ccccc3o1)C2.O=C(O)c1ccccc1-c1ccc(C(F)(F)F)cc1. The van der Waals surface area contributed by atoms with Crippen LogP contribution < -0.4 is 5.73 Å². The van der Waals surface area contributed by atoms with Gasteiger partial charge in [-0.25, -0.2) is 4.79 Å². The molecule has 0 unspecified atom stereocenters. The highest BCUT2D eigenvalue weighted by atomic mass is 19.4. The van der Waals surface area contributed by atoms with Gasteiger partial charge in [-0.1, -0.05) is 54.6 Å². The number of para-hydroxylation sites is 1. The summed E-state index contributed by atoms with van der Waals surface area (Å²) < 4.78 is 43.2. The van der Waals surface area contributed by atoms with Crippen molar-refractivity contribution in [2.75, 3.05) is 12.3 Å². The molecular formula is C32H27F3N2O3. The van der Waals surface area contributed by atoms with Crippen LogP contribution in [-0.2, 0) is 25.7 Å². The molecule has 8 heteroatoms. The van der Waals surface area contributed by atoms with Crippen LogP contribution in [0.1, 0.15) is 32.8 Å². The molecule has 3 N–H and O–H groups in total. The van der Waals surface area contributed by atoms with Gasteiger partial charge in [0.2, 0.25) is 0 Å². The number of nitrogens with two attached hydrogens (primary N) is 1. The second-order valence-corrected chi connectivity index (χ2v) is 9.67. The number of aromatic carboxylic acids is 1. The van der Waals surface area contributed by atoms with E-state index in [0.717, 1.165) is 55.2 Å². The predicted molar refractivity (Wildman–Crippen MR) is 149 cm³/mol. The molecule has 0 fully saturated rings. The lowest BCUT2D eigenvalue weighted by molar-refractivity contribution is -0.137. The molecular weight excluding hydrogens is 517 g/mol. The number of hydrogen-bond acceptors (Lipinski definition) is 4. The van der Waals surface area contributed by atoms with Gasteiger partial charge in [0.05, 0.1) is 17.7 Å². The highest BCUT2D eigenvalue weighted by molar-refractivity contribution is 5.96. The fourth-order valence-electron chi connectivity index (χ4n) is 4.86. The minimum Gasteiger partial charge on any atom is -0.478 e. The molecule has 0 bridgehead atoms. The van der Waals surface area contributed by atoms with Gasteiger partial charge in [0.25, 0.3) is 0 Å². The van der Waals surface area contributed by atoms with Crippen molar-refractivity contribution < 1.29 is 27.5 Å². The third-order valence-electron chi connectivity index (χ3n) is 6.86. The molecule has 0 amide bonds. The first kappa shape index (κ1) is 27.0. The topological polar surface area (TPSA) is 79.7 Å². The van der Waals surface area contributed by atoms with E-state index >= 15 is 0 Å². The summed E-state index contributed by atoms with van der Waals surface area (Å²) in [6, 6.07) is 27.2. The summed E-state index contributed by atoms with van der Waals surface area (Å²) in [6.45, 7) is 2.87. The molecule has 0 spiro atoms. The molecule has 6 rings (SSSR count). The number of benzene rings is 4. The lowest BCUT2D eigenvalue weighted by atomic mass is 9.99. The maximum Gasteiger partial charge on any atom is 0.416 e. The van der Waals surface area contributed by atoms with Crippen molar-refractivity contribution in [1.82, 2.24) is 4.90 Å². The molecule has 0 aliphatic carbocycles. The lowest BCUT2D eigenvalue weighted by Gasteiger charge is -2.28. The largest absolute Gasteiger partial charge is 0.478 e. The number of nitrogen functional groups attached to an aromatic ring is 1. The van der Waals surface area contributed by atoms with Gasteiger partial charge in [0.15, 0.2) is 0 Å². The molecule has 0 radical (unpaired) electrons. The van der Waals surface area contributed by atoms with E-state index in [1.807, 2.05) is 24.3 Å². The third kappa shape index (κ3) is 6.18.